The summed E-state index contributed by atoms with van der Waals surface area (Å²) in [5.41, 5.74) is 0. The predicted molar refractivity (Wildman–Crippen MR) is 81.6 cm³/mol. The maximum atomic E-state index is 12.2. The average Bonchev–Trinajstić information content (AvgIpc) is 2.92. The normalized spacial score (nSPS) is 13.5. The fourth-order valence-corrected chi connectivity index (χ4v) is 3.26. The van der Waals surface area contributed by atoms with Gasteiger partial charge in [-0.3, -0.25) is 0 Å². The molecule has 21 heavy (non-hydrogen) atoms. The quantitative estimate of drug-likeness (QED) is 0.609. The molecule has 6 nitrogen and oxygen atoms in total. The van der Waals surface area contributed by atoms with Crippen LogP contribution < -0.4 is 10.0 Å². The minimum absolute atomic E-state index is 0.0272. The van der Waals surface area contributed by atoms with E-state index < -0.39 is 10.0 Å². The van der Waals surface area contributed by atoms with E-state index in [0.29, 0.717) is 25.5 Å². The molecule has 0 saturated carbocycles. The van der Waals surface area contributed by atoms with Crippen molar-refractivity contribution in [3.05, 3.63) is 17.9 Å². The van der Waals surface area contributed by atoms with Gasteiger partial charge in [0.15, 0.2) is 0 Å². The zero-order valence-electron chi connectivity index (χ0n) is 13.0. The van der Waals surface area contributed by atoms with Crippen molar-refractivity contribution in [1.29, 1.82) is 0 Å². The van der Waals surface area contributed by atoms with Gasteiger partial charge in [0.25, 0.3) is 10.0 Å². The van der Waals surface area contributed by atoms with Crippen LogP contribution in [-0.2, 0) is 21.3 Å². The van der Waals surface area contributed by atoms with Gasteiger partial charge in [-0.25, -0.2) is 13.1 Å². The second-order valence-corrected chi connectivity index (χ2v) is 6.55. The molecule has 2 N–H and O–H groups in total. The number of hydrogen-bond donors (Lipinski definition) is 2. The molecule has 0 aliphatic carbocycles. The first-order valence-corrected chi connectivity index (χ1v) is 8.82. The van der Waals surface area contributed by atoms with Crippen LogP contribution in [0.3, 0.4) is 0 Å². The molecule has 1 heterocycles. The molecule has 7 heteroatoms. The summed E-state index contributed by atoms with van der Waals surface area (Å²) in [6.07, 6.45) is 2.52. The molecule has 0 aromatic carbocycles. The number of hydrogen-bond acceptors (Lipinski definition) is 5. The van der Waals surface area contributed by atoms with Crippen molar-refractivity contribution in [2.24, 2.45) is 0 Å². The first-order chi connectivity index (χ1) is 10.0. The molecule has 0 bridgehead atoms. The number of methoxy groups -OCH3 is 1. The van der Waals surface area contributed by atoms with Gasteiger partial charge in [-0.05, 0) is 25.0 Å². The first-order valence-electron chi connectivity index (χ1n) is 7.34. The van der Waals surface area contributed by atoms with Crippen LogP contribution in [-0.4, -0.2) is 34.7 Å². The molecule has 0 radical (unpaired) electrons. The highest BCUT2D eigenvalue weighted by atomic mass is 32.2. The molecule has 0 spiro atoms. The van der Waals surface area contributed by atoms with Gasteiger partial charge in [-0.2, -0.15) is 0 Å². The van der Waals surface area contributed by atoms with Crippen LogP contribution in [0, 0.1) is 0 Å². The van der Waals surface area contributed by atoms with Crippen LogP contribution in [0.25, 0.3) is 0 Å². The molecule has 0 saturated heterocycles. The molecular formula is C14H26N2O4S. The van der Waals surface area contributed by atoms with Crippen molar-refractivity contribution in [2.75, 3.05) is 20.3 Å². The summed E-state index contributed by atoms with van der Waals surface area (Å²) in [5, 5.41) is 3.08. The van der Waals surface area contributed by atoms with Crippen LogP contribution in [0.1, 0.15) is 38.9 Å². The third-order valence-electron chi connectivity index (χ3n) is 3.14. The second-order valence-electron chi connectivity index (χ2n) is 4.91. The Balaban J connectivity index is 2.61. The van der Waals surface area contributed by atoms with E-state index in [2.05, 4.69) is 10.0 Å². The highest BCUT2D eigenvalue weighted by molar-refractivity contribution is 7.89. The summed E-state index contributed by atoms with van der Waals surface area (Å²) in [4.78, 5) is 0. The lowest BCUT2D eigenvalue weighted by Crippen LogP contribution is -2.34. The zero-order chi connectivity index (χ0) is 15.7. The van der Waals surface area contributed by atoms with E-state index in [1.807, 2.05) is 13.8 Å². The van der Waals surface area contributed by atoms with Gasteiger partial charge >= 0.3 is 0 Å². The van der Waals surface area contributed by atoms with Crippen molar-refractivity contribution in [3.63, 3.8) is 0 Å². The molecule has 0 amide bonds. The molecule has 1 aromatic heterocycles. The largest absolute Gasteiger partial charge is 0.447 e. The van der Waals surface area contributed by atoms with E-state index in [-0.39, 0.29) is 11.1 Å². The first kappa shape index (κ1) is 18.2. The molecule has 1 aromatic rings. The van der Waals surface area contributed by atoms with Gasteiger partial charge in [0.1, 0.15) is 5.76 Å². The Hall–Kier alpha value is -0.890. The smallest absolute Gasteiger partial charge is 0.274 e. The summed E-state index contributed by atoms with van der Waals surface area (Å²) in [6.45, 7) is 5.77. The molecule has 0 aliphatic rings. The van der Waals surface area contributed by atoms with Gasteiger partial charge in [0.05, 0.1) is 13.2 Å². The van der Waals surface area contributed by atoms with Gasteiger partial charge in [0.2, 0.25) is 5.09 Å². The van der Waals surface area contributed by atoms with Crippen molar-refractivity contribution < 1.29 is 17.6 Å². The fourth-order valence-electron chi connectivity index (χ4n) is 1.96. The molecule has 122 valence electrons. The number of rotatable bonds is 11. The molecule has 0 fully saturated rings. The third-order valence-corrected chi connectivity index (χ3v) is 4.53. The van der Waals surface area contributed by atoms with Crippen LogP contribution in [0.4, 0.5) is 0 Å². The van der Waals surface area contributed by atoms with Crippen molar-refractivity contribution >= 4 is 10.0 Å². The van der Waals surface area contributed by atoms with E-state index in [4.69, 9.17) is 9.15 Å². The lowest BCUT2D eigenvalue weighted by molar-refractivity contribution is 0.198. The van der Waals surface area contributed by atoms with Crippen molar-refractivity contribution in [3.8, 4) is 0 Å². The molecule has 1 rings (SSSR count). The van der Waals surface area contributed by atoms with Crippen LogP contribution in [0.15, 0.2) is 21.6 Å². The minimum Gasteiger partial charge on any atom is -0.447 e. The Morgan fingerprint density at radius 3 is 2.71 bits per heavy atom. The Labute approximate surface area is 127 Å². The molecule has 1 atom stereocenters. The standard InChI is InChI=1S/C14H26N2O4S/c1-4-6-12(5-2)16-21(17,18)14-8-7-13(20-14)11-15-9-10-19-3/h7-8,12,15-16H,4-6,9-11H2,1-3H3. The van der Waals surface area contributed by atoms with Gasteiger partial charge < -0.3 is 14.5 Å². The topological polar surface area (TPSA) is 80.6 Å². The number of nitrogens with one attached hydrogen (secondary N) is 2. The van der Waals surface area contributed by atoms with E-state index in [1.54, 1.807) is 13.2 Å². The molecular weight excluding hydrogens is 292 g/mol. The Bertz CT molecular complexity index is 499. The number of ether oxygens (including phenoxy) is 1. The Kier molecular flexibility index (Phi) is 7.95. The maximum absolute atomic E-state index is 12.2. The highest BCUT2D eigenvalue weighted by Gasteiger charge is 2.22. The van der Waals surface area contributed by atoms with Crippen LogP contribution in [0.5, 0.6) is 0 Å². The predicted octanol–water partition coefficient (Wildman–Crippen LogP) is 1.87. The van der Waals surface area contributed by atoms with Gasteiger partial charge in [-0.1, -0.05) is 20.3 Å². The average molecular weight is 318 g/mol. The van der Waals surface area contributed by atoms with Crippen molar-refractivity contribution in [2.45, 2.75) is 50.8 Å². The molecule has 0 aliphatic heterocycles. The van der Waals surface area contributed by atoms with Gasteiger partial charge in [0, 0.05) is 19.7 Å². The van der Waals surface area contributed by atoms with E-state index in [1.165, 1.54) is 6.07 Å². The summed E-state index contributed by atoms with van der Waals surface area (Å²) >= 11 is 0. The van der Waals surface area contributed by atoms with Crippen LogP contribution >= 0.6 is 0 Å². The Morgan fingerprint density at radius 2 is 2.10 bits per heavy atom. The fraction of sp³-hybridized carbons (Fsp3) is 0.714. The van der Waals surface area contributed by atoms with E-state index in [0.717, 1.165) is 19.3 Å². The van der Waals surface area contributed by atoms with E-state index in [9.17, 15) is 8.42 Å². The number of furan rings is 1. The number of sulfonamides is 1. The van der Waals surface area contributed by atoms with Crippen LogP contribution in [0.2, 0.25) is 0 Å². The summed E-state index contributed by atoms with van der Waals surface area (Å²) in [6, 6.07) is 3.12. The van der Waals surface area contributed by atoms with E-state index >= 15 is 0 Å². The monoisotopic (exact) mass is 318 g/mol. The molecule has 1 unspecified atom stereocenters. The van der Waals surface area contributed by atoms with Gasteiger partial charge in [-0.15, -0.1) is 0 Å². The third kappa shape index (κ3) is 6.17. The highest BCUT2D eigenvalue weighted by Crippen LogP contribution is 2.15. The minimum atomic E-state index is -3.58. The Morgan fingerprint density at radius 1 is 1.33 bits per heavy atom. The lowest BCUT2D eigenvalue weighted by atomic mass is 10.1. The van der Waals surface area contributed by atoms with Crippen molar-refractivity contribution in [1.82, 2.24) is 10.0 Å². The lowest BCUT2D eigenvalue weighted by Gasteiger charge is -2.14. The summed E-state index contributed by atoms with van der Waals surface area (Å²) in [7, 11) is -1.95. The summed E-state index contributed by atoms with van der Waals surface area (Å²) < 4.78 is 37.4. The summed E-state index contributed by atoms with van der Waals surface area (Å²) in [5.74, 6) is 0.593. The maximum Gasteiger partial charge on any atom is 0.274 e. The second kappa shape index (κ2) is 9.19. The SMILES string of the molecule is CCCC(CC)NS(=O)(=O)c1ccc(CNCCOC)o1. The zero-order valence-corrected chi connectivity index (χ0v) is 13.8.